The zero-order valence-corrected chi connectivity index (χ0v) is 15.3. The summed E-state index contributed by atoms with van der Waals surface area (Å²) in [5.41, 5.74) is 4.82. The van der Waals surface area contributed by atoms with Gasteiger partial charge >= 0.3 is 0 Å². The number of nitrogens with zero attached hydrogens (tertiary/aromatic N) is 4. The van der Waals surface area contributed by atoms with Crippen molar-refractivity contribution in [2.45, 2.75) is 39.3 Å². The topological polar surface area (TPSA) is 41.9 Å². The van der Waals surface area contributed by atoms with Crippen molar-refractivity contribution in [1.82, 2.24) is 19.9 Å². The van der Waals surface area contributed by atoms with Crippen LogP contribution in [0, 0.1) is 0 Å². The highest BCUT2D eigenvalue weighted by Gasteiger charge is 2.18. The van der Waals surface area contributed by atoms with Crippen molar-refractivity contribution in [2.24, 2.45) is 0 Å². The number of fused-ring (bicyclic) bond motifs is 1. The Hall–Kier alpha value is -2.11. The molecule has 0 bridgehead atoms. The number of rotatable bonds is 5. The van der Waals surface area contributed by atoms with E-state index in [9.17, 15) is 0 Å². The van der Waals surface area contributed by atoms with Crippen LogP contribution in [0.1, 0.15) is 36.0 Å². The Morgan fingerprint density at radius 2 is 2.12 bits per heavy atom. The highest BCUT2D eigenvalue weighted by molar-refractivity contribution is 7.13. The first kappa shape index (κ1) is 16.4. The largest absolute Gasteiger partial charge is 0.294 e. The molecular formula is C20H22N4S. The minimum absolute atomic E-state index is 0.924. The van der Waals surface area contributed by atoms with Gasteiger partial charge in [0.15, 0.2) is 0 Å². The molecule has 0 fully saturated rings. The lowest BCUT2D eigenvalue weighted by molar-refractivity contribution is 0.242. The van der Waals surface area contributed by atoms with Crippen LogP contribution in [0.3, 0.4) is 0 Å². The van der Waals surface area contributed by atoms with Gasteiger partial charge in [-0.25, -0.2) is 9.97 Å². The van der Waals surface area contributed by atoms with Gasteiger partial charge in [0.25, 0.3) is 0 Å². The van der Waals surface area contributed by atoms with Crippen molar-refractivity contribution in [2.75, 3.05) is 6.54 Å². The van der Waals surface area contributed by atoms with Crippen molar-refractivity contribution in [3.05, 3.63) is 64.7 Å². The normalized spacial score (nSPS) is 14.4. The van der Waals surface area contributed by atoms with E-state index in [0.717, 1.165) is 50.4 Å². The molecule has 25 heavy (non-hydrogen) atoms. The molecular weight excluding hydrogens is 328 g/mol. The fraction of sp³-hybridized carbons (Fsp3) is 0.350. The molecule has 4 heterocycles. The van der Waals surface area contributed by atoms with E-state index in [4.69, 9.17) is 4.98 Å². The van der Waals surface area contributed by atoms with Gasteiger partial charge in [-0.2, -0.15) is 0 Å². The van der Waals surface area contributed by atoms with Crippen LogP contribution in [0.4, 0.5) is 0 Å². The smallest absolute Gasteiger partial charge is 0.128 e. The van der Waals surface area contributed by atoms with Crippen LogP contribution < -0.4 is 0 Å². The Kier molecular flexibility index (Phi) is 4.85. The van der Waals surface area contributed by atoms with Crippen LogP contribution in [-0.4, -0.2) is 26.4 Å². The minimum Gasteiger partial charge on any atom is -0.294 e. The van der Waals surface area contributed by atoms with Crippen LogP contribution in [0.2, 0.25) is 0 Å². The first-order valence-electron chi connectivity index (χ1n) is 8.86. The number of hydrogen-bond acceptors (Lipinski definition) is 5. The van der Waals surface area contributed by atoms with Crippen molar-refractivity contribution in [3.63, 3.8) is 0 Å². The minimum atomic E-state index is 0.924. The Labute approximate surface area is 152 Å². The maximum Gasteiger partial charge on any atom is 0.128 e. The number of hydrogen-bond donors (Lipinski definition) is 0. The van der Waals surface area contributed by atoms with Crippen LogP contribution in [0.25, 0.3) is 10.6 Å². The zero-order valence-electron chi connectivity index (χ0n) is 14.5. The Bertz CT molecular complexity index is 827. The van der Waals surface area contributed by atoms with Crippen LogP contribution in [0.15, 0.2) is 42.0 Å². The van der Waals surface area contributed by atoms with Gasteiger partial charge < -0.3 is 0 Å². The van der Waals surface area contributed by atoms with Crippen molar-refractivity contribution < 1.29 is 0 Å². The van der Waals surface area contributed by atoms with E-state index in [1.807, 2.05) is 12.4 Å². The van der Waals surface area contributed by atoms with E-state index in [1.165, 1.54) is 21.7 Å². The summed E-state index contributed by atoms with van der Waals surface area (Å²) < 4.78 is 0. The first-order valence-corrected chi connectivity index (χ1v) is 9.74. The van der Waals surface area contributed by atoms with Gasteiger partial charge in [-0.05, 0) is 29.5 Å². The van der Waals surface area contributed by atoms with Gasteiger partial charge in [-0.1, -0.05) is 19.1 Å². The molecule has 4 nitrogen and oxygen atoms in total. The number of pyridine rings is 1. The molecule has 1 aliphatic rings. The maximum atomic E-state index is 4.74. The van der Waals surface area contributed by atoms with Gasteiger partial charge in [-0.15, -0.1) is 11.3 Å². The van der Waals surface area contributed by atoms with Crippen molar-refractivity contribution in [1.29, 1.82) is 0 Å². The molecule has 0 saturated heterocycles. The predicted molar refractivity (Wildman–Crippen MR) is 101 cm³/mol. The summed E-state index contributed by atoms with van der Waals surface area (Å²) in [7, 11) is 0. The second-order valence-corrected chi connectivity index (χ2v) is 7.45. The molecule has 0 atom stereocenters. The summed E-state index contributed by atoms with van der Waals surface area (Å²) in [6.45, 7) is 5.06. The van der Waals surface area contributed by atoms with E-state index < -0.39 is 0 Å². The van der Waals surface area contributed by atoms with E-state index in [1.54, 1.807) is 11.3 Å². The highest BCUT2D eigenvalue weighted by Crippen LogP contribution is 2.23. The van der Waals surface area contributed by atoms with E-state index >= 15 is 0 Å². The molecule has 0 N–H and O–H groups in total. The fourth-order valence-electron chi connectivity index (χ4n) is 3.24. The molecule has 0 amide bonds. The van der Waals surface area contributed by atoms with Crippen LogP contribution >= 0.6 is 11.3 Å². The van der Waals surface area contributed by atoms with Crippen LogP contribution in [0.5, 0.6) is 0 Å². The molecule has 0 radical (unpaired) electrons. The average molecular weight is 350 g/mol. The summed E-state index contributed by atoms with van der Waals surface area (Å²) in [5.74, 6) is 0.989. The second-order valence-electron chi connectivity index (χ2n) is 6.50. The third-order valence-corrected chi connectivity index (χ3v) is 5.43. The molecule has 3 aromatic heterocycles. The summed E-state index contributed by atoms with van der Waals surface area (Å²) in [6, 6.07) is 8.49. The van der Waals surface area contributed by atoms with E-state index in [-0.39, 0.29) is 0 Å². The van der Waals surface area contributed by atoms with Gasteiger partial charge in [0.05, 0.1) is 10.6 Å². The first-order chi connectivity index (χ1) is 12.3. The summed E-state index contributed by atoms with van der Waals surface area (Å²) >= 11 is 1.73. The fourth-order valence-corrected chi connectivity index (χ4v) is 3.94. The molecule has 128 valence electrons. The lowest BCUT2D eigenvalue weighted by atomic mass is 10.1. The van der Waals surface area contributed by atoms with E-state index in [2.05, 4.69) is 51.4 Å². The predicted octanol–water partition coefficient (Wildman–Crippen LogP) is 4.11. The maximum absolute atomic E-state index is 4.74. The molecule has 0 aliphatic carbocycles. The number of aromatic nitrogens is 3. The van der Waals surface area contributed by atoms with E-state index in [0.29, 0.717) is 0 Å². The van der Waals surface area contributed by atoms with Gasteiger partial charge in [0.2, 0.25) is 0 Å². The zero-order chi connectivity index (χ0) is 17.1. The lowest BCUT2D eigenvalue weighted by Crippen LogP contribution is -2.31. The van der Waals surface area contributed by atoms with Gasteiger partial charge in [-0.3, -0.25) is 9.88 Å². The third kappa shape index (κ3) is 3.78. The SMILES string of the molecule is CCCc1ncc2c(n1)CCN(Cc1ccc(-c3cccs3)nc1)C2. The second kappa shape index (κ2) is 7.42. The molecule has 0 spiro atoms. The molecule has 0 aromatic carbocycles. The quantitative estimate of drug-likeness (QED) is 0.694. The Balaban J connectivity index is 1.42. The number of aryl methyl sites for hydroxylation is 1. The lowest BCUT2D eigenvalue weighted by Gasteiger charge is -2.28. The molecule has 1 aliphatic heterocycles. The van der Waals surface area contributed by atoms with Crippen LogP contribution in [-0.2, 0) is 25.9 Å². The summed E-state index contributed by atoms with van der Waals surface area (Å²) in [4.78, 5) is 17.5. The van der Waals surface area contributed by atoms with Crippen molar-refractivity contribution in [3.8, 4) is 10.6 Å². The molecule has 0 saturated carbocycles. The van der Waals surface area contributed by atoms with Crippen molar-refractivity contribution >= 4 is 11.3 Å². The third-order valence-electron chi connectivity index (χ3n) is 4.54. The standard InChI is InChI=1S/C20H22N4S/c1-2-4-20-22-12-16-14-24(9-8-17(16)23-20)13-15-6-7-18(21-11-15)19-5-3-10-25-19/h3,5-7,10-12H,2,4,8-9,13-14H2,1H3. The number of thiophene rings is 1. The highest BCUT2D eigenvalue weighted by atomic mass is 32.1. The Morgan fingerprint density at radius 1 is 1.16 bits per heavy atom. The monoisotopic (exact) mass is 350 g/mol. The Morgan fingerprint density at radius 3 is 2.88 bits per heavy atom. The average Bonchev–Trinajstić information content (AvgIpc) is 3.17. The molecule has 4 rings (SSSR count). The van der Waals surface area contributed by atoms with Gasteiger partial charge in [0, 0.05) is 56.1 Å². The molecule has 3 aromatic rings. The van der Waals surface area contributed by atoms with Gasteiger partial charge in [0.1, 0.15) is 5.82 Å². The summed E-state index contributed by atoms with van der Waals surface area (Å²) in [5, 5.41) is 2.09. The summed E-state index contributed by atoms with van der Waals surface area (Å²) in [6.07, 6.45) is 7.11. The molecule has 0 unspecified atom stereocenters. The molecule has 5 heteroatoms.